The van der Waals surface area contributed by atoms with E-state index in [9.17, 15) is 22.0 Å². The lowest BCUT2D eigenvalue weighted by Gasteiger charge is -2.26. The molecular weight excluding hydrogens is 369 g/mol. The first-order chi connectivity index (χ1) is 12.8. The number of aliphatic imine (C=N–C) groups is 1. The lowest BCUT2D eigenvalue weighted by molar-refractivity contribution is -0.140. The van der Waals surface area contributed by atoms with Crippen LogP contribution in [0.2, 0.25) is 0 Å². The van der Waals surface area contributed by atoms with Gasteiger partial charge in [-0.2, -0.15) is 13.2 Å². The van der Waals surface area contributed by atoms with Gasteiger partial charge in [-0.1, -0.05) is 18.2 Å². The Bertz CT molecular complexity index is 867. The summed E-state index contributed by atoms with van der Waals surface area (Å²) >= 11 is 0. The van der Waals surface area contributed by atoms with E-state index in [2.05, 4.69) is 10.3 Å². The van der Waals surface area contributed by atoms with Gasteiger partial charge in [0.05, 0.1) is 24.8 Å². The fourth-order valence-electron chi connectivity index (χ4n) is 2.81. The molecule has 0 spiro atoms. The van der Waals surface area contributed by atoms with Gasteiger partial charge in [0.2, 0.25) is 0 Å². The number of benzene rings is 2. The molecule has 4 nitrogen and oxygen atoms in total. The minimum absolute atomic E-state index is 0.0311. The van der Waals surface area contributed by atoms with Crippen molar-refractivity contribution in [2.45, 2.75) is 25.2 Å². The molecule has 0 amide bonds. The summed E-state index contributed by atoms with van der Waals surface area (Å²) in [6, 6.07) is 7.79. The van der Waals surface area contributed by atoms with E-state index in [1.165, 1.54) is 0 Å². The Labute approximate surface area is 151 Å². The van der Waals surface area contributed by atoms with E-state index in [1.807, 2.05) is 24.3 Å². The first-order valence-electron chi connectivity index (χ1n) is 8.09. The van der Waals surface area contributed by atoms with Crippen molar-refractivity contribution >= 4 is 5.96 Å². The predicted molar refractivity (Wildman–Crippen MR) is 89.1 cm³/mol. The van der Waals surface area contributed by atoms with Crippen LogP contribution in [0.3, 0.4) is 0 Å². The van der Waals surface area contributed by atoms with Crippen LogP contribution in [-0.2, 0) is 12.7 Å². The second-order valence-electron chi connectivity index (χ2n) is 5.99. The van der Waals surface area contributed by atoms with Crippen molar-refractivity contribution in [3.63, 3.8) is 0 Å². The van der Waals surface area contributed by atoms with Crippen LogP contribution in [0.1, 0.15) is 29.2 Å². The molecule has 2 aromatic rings. The van der Waals surface area contributed by atoms with Gasteiger partial charge in [0.1, 0.15) is 17.4 Å². The summed E-state index contributed by atoms with van der Waals surface area (Å²) in [6.07, 6.45) is -4.35. The van der Waals surface area contributed by atoms with Crippen molar-refractivity contribution in [1.82, 2.24) is 5.32 Å². The molecule has 0 bridgehead atoms. The second kappa shape index (κ2) is 7.42. The average Bonchev–Trinajstić information content (AvgIpc) is 2.61. The van der Waals surface area contributed by atoms with Crippen LogP contribution in [0.25, 0.3) is 0 Å². The number of nitrogens with zero attached hydrogens (tertiary/aromatic N) is 1. The monoisotopic (exact) mass is 385 g/mol. The number of fused-ring (bicyclic) bond motifs is 1. The molecule has 0 aliphatic carbocycles. The van der Waals surface area contributed by atoms with Crippen LogP contribution in [0.5, 0.6) is 5.75 Å². The summed E-state index contributed by atoms with van der Waals surface area (Å²) in [5.74, 6) is -2.07. The molecule has 144 valence electrons. The molecule has 3 N–H and O–H groups in total. The van der Waals surface area contributed by atoms with E-state index in [0.29, 0.717) is 24.8 Å². The molecule has 3 rings (SSSR count). The molecule has 0 saturated heterocycles. The van der Waals surface area contributed by atoms with Crippen LogP contribution in [-0.4, -0.2) is 12.6 Å². The third kappa shape index (κ3) is 4.29. The summed E-state index contributed by atoms with van der Waals surface area (Å²) in [4.78, 5) is 3.91. The number of para-hydroxylation sites is 1. The van der Waals surface area contributed by atoms with E-state index in [4.69, 9.17) is 10.5 Å². The van der Waals surface area contributed by atoms with Crippen molar-refractivity contribution in [3.05, 3.63) is 64.7 Å². The highest BCUT2D eigenvalue weighted by molar-refractivity contribution is 5.78. The summed E-state index contributed by atoms with van der Waals surface area (Å²) in [6.45, 7) is 0.0747. The van der Waals surface area contributed by atoms with E-state index in [-0.39, 0.29) is 23.6 Å². The predicted octanol–water partition coefficient (Wildman–Crippen LogP) is 3.91. The van der Waals surface area contributed by atoms with E-state index >= 15 is 0 Å². The largest absolute Gasteiger partial charge is 0.493 e. The molecule has 9 heteroatoms. The molecule has 1 atom stereocenters. The maximum atomic E-state index is 13.9. The lowest BCUT2D eigenvalue weighted by atomic mass is 10.0. The fourth-order valence-corrected chi connectivity index (χ4v) is 2.81. The third-order valence-electron chi connectivity index (χ3n) is 4.14. The van der Waals surface area contributed by atoms with Gasteiger partial charge in [0.25, 0.3) is 0 Å². The first kappa shape index (κ1) is 18.9. The number of guanidine groups is 1. The zero-order valence-corrected chi connectivity index (χ0v) is 14.0. The number of alkyl halides is 3. The molecular formula is C18H16F5N3O. The Balaban J connectivity index is 1.73. The minimum Gasteiger partial charge on any atom is -0.493 e. The highest BCUT2D eigenvalue weighted by atomic mass is 19.4. The first-order valence-corrected chi connectivity index (χ1v) is 8.09. The average molecular weight is 385 g/mol. The van der Waals surface area contributed by atoms with Crippen molar-refractivity contribution in [2.75, 3.05) is 6.61 Å². The summed E-state index contributed by atoms with van der Waals surface area (Å²) in [5, 5.41) is 2.97. The van der Waals surface area contributed by atoms with E-state index in [0.717, 1.165) is 5.56 Å². The Morgan fingerprint density at radius 2 is 1.93 bits per heavy atom. The van der Waals surface area contributed by atoms with E-state index in [1.54, 1.807) is 0 Å². The highest BCUT2D eigenvalue weighted by Gasteiger charge is 2.35. The van der Waals surface area contributed by atoms with Gasteiger partial charge in [-0.05, 0) is 18.2 Å². The van der Waals surface area contributed by atoms with Crippen LogP contribution < -0.4 is 15.8 Å². The van der Waals surface area contributed by atoms with Gasteiger partial charge in [-0.3, -0.25) is 0 Å². The van der Waals surface area contributed by atoms with Crippen LogP contribution >= 0.6 is 0 Å². The number of ether oxygens (including phenoxy) is 1. The zero-order valence-electron chi connectivity index (χ0n) is 14.0. The number of rotatable bonds is 3. The molecule has 1 aliphatic rings. The Kier molecular flexibility index (Phi) is 5.20. The topological polar surface area (TPSA) is 59.6 Å². The van der Waals surface area contributed by atoms with Crippen LogP contribution in [0.4, 0.5) is 22.0 Å². The standard InChI is InChI=1S/C18H16F5N3O/c19-13-8-12(18(21,22)23)14(20)7-10(13)9-25-17(24)26-15-5-6-27-16-4-2-1-3-11(15)16/h1-4,7-8,15H,5-6,9H2,(H3,24,25,26). The normalized spacial score (nSPS) is 17.2. The van der Waals surface area contributed by atoms with Crippen LogP contribution in [0, 0.1) is 11.6 Å². The Hall–Kier alpha value is -2.84. The molecule has 1 aliphatic heterocycles. The smallest absolute Gasteiger partial charge is 0.419 e. The third-order valence-corrected chi connectivity index (χ3v) is 4.14. The summed E-state index contributed by atoms with van der Waals surface area (Å²) in [7, 11) is 0. The number of hydrogen-bond acceptors (Lipinski definition) is 2. The van der Waals surface area contributed by atoms with Crippen molar-refractivity contribution < 1.29 is 26.7 Å². The van der Waals surface area contributed by atoms with Gasteiger partial charge in [0, 0.05) is 17.5 Å². The SMILES string of the molecule is NC(=NCc1cc(F)c(C(F)(F)F)cc1F)NC1CCOc2ccccc21. The van der Waals surface area contributed by atoms with Gasteiger partial charge >= 0.3 is 6.18 Å². The van der Waals surface area contributed by atoms with Gasteiger partial charge in [0.15, 0.2) is 5.96 Å². The van der Waals surface area contributed by atoms with Gasteiger partial charge in [-0.15, -0.1) is 0 Å². The number of nitrogens with two attached hydrogens (primary N) is 1. The lowest BCUT2D eigenvalue weighted by Crippen LogP contribution is -2.37. The maximum absolute atomic E-state index is 13.9. The Morgan fingerprint density at radius 1 is 1.19 bits per heavy atom. The number of halogens is 5. The molecule has 27 heavy (non-hydrogen) atoms. The maximum Gasteiger partial charge on any atom is 0.419 e. The number of hydrogen-bond donors (Lipinski definition) is 2. The van der Waals surface area contributed by atoms with Crippen LogP contribution in [0.15, 0.2) is 41.4 Å². The molecule has 0 saturated carbocycles. The molecule has 2 aromatic carbocycles. The highest BCUT2D eigenvalue weighted by Crippen LogP contribution is 2.33. The summed E-state index contributed by atoms with van der Waals surface area (Å²) in [5.41, 5.74) is 4.71. The quantitative estimate of drug-likeness (QED) is 0.479. The number of nitrogens with one attached hydrogen (secondary N) is 1. The Morgan fingerprint density at radius 3 is 2.67 bits per heavy atom. The fraction of sp³-hybridized carbons (Fsp3) is 0.278. The van der Waals surface area contributed by atoms with Crippen molar-refractivity contribution in [1.29, 1.82) is 0 Å². The molecule has 0 fully saturated rings. The molecule has 1 heterocycles. The van der Waals surface area contributed by atoms with Gasteiger partial charge in [-0.25, -0.2) is 13.8 Å². The van der Waals surface area contributed by atoms with Crippen molar-refractivity contribution in [3.8, 4) is 5.75 Å². The van der Waals surface area contributed by atoms with Gasteiger partial charge < -0.3 is 15.8 Å². The molecule has 0 aromatic heterocycles. The molecule has 1 unspecified atom stereocenters. The zero-order chi connectivity index (χ0) is 19.6. The van der Waals surface area contributed by atoms with E-state index < -0.39 is 29.9 Å². The minimum atomic E-state index is -4.97. The van der Waals surface area contributed by atoms with Crippen molar-refractivity contribution in [2.24, 2.45) is 10.7 Å². The second-order valence-corrected chi connectivity index (χ2v) is 5.99. The molecule has 0 radical (unpaired) electrons. The summed E-state index contributed by atoms with van der Waals surface area (Å²) < 4.78 is 70.7.